The third-order valence-electron chi connectivity index (χ3n) is 3.24. The Morgan fingerprint density at radius 2 is 1.87 bits per heavy atom. The molecule has 0 spiro atoms. The second kappa shape index (κ2) is 7.02. The summed E-state index contributed by atoms with van der Waals surface area (Å²) in [5.74, 6) is -0.176. The molecule has 0 saturated heterocycles. The number of nitrogens with one attached hydrogen (secondary N) is 2. The predicted molar refractivity (Wildman–Crippen MR) is 92.0 cm³/mol. The largest absolute Gasteiger partial charge is 0.347 e. The normalized spacial score (nSPS) is 10.3. The Hall–Kier alpha value is -2.73. The van der Waals surface area contributed by atoms with E-state index in [0.29, 0.717) is 17.4 Å². The summed E-state index contributed by atoms with van der Waals surface area (Å²) in [6.45, 7) is 2.53. The zero-order chi connectivity index (χ0) is 16.1. The third-order valence-corrected chi connectivity index (χ3v) is 4.00. The van der Waals surface area contributed by atoms with Crippen LogP contribution in [0.5, 0.6) is 0 Å². The average Bonchev–Trinajstić information content (AvgIpc) is 3.03. The number of anilines is 2. The van der Waals surface area contributed by atoms with E-state index in [0.717, 1.165) is 11.3 Å². The number of aryl methyl sites for hydroxylation is 1. The summed E-state index contributed by atoms with van der Waals surface area (Å²) in [4.78, 5) is 20.4. The zero-order valence-electron chi connectivity index (χ0n) is 12.6. The standard InChI is InChI=1S/C17H16N4OS/c1-12-2-4-13(5-3-12)10-19-16(22)15-11-23-17(21-15)20-14-6-8-18-9-7-14/h2-9,11H,10H2,1H3,(H,19,22)(H,18,20,21). The molecular formula is C17H16N4OS. The summed E-state index contributed by atoms with van der Waals surface area (Å²) in [6, 6.07) is 11.8. The van der Waals surface area contributed by atoms with E-state index in [1.807, 2.05) is 43.3 Å². The monoisotopic (exact) mass is 324 g/mol. The van der Waals surface area contributed by atoms with Gasteiger partial charge in [-0.2, -0.15) is 0 Å². The highest BCUT2D eigenvalue weighted by atomic mass is 32.1. The Kier molecular flexibility index (Phi) is 4.63. The summed E-state index contributed by atoms with van der Waals surface area (Å²) in [5.41, 5.74) is 3.57. The lowest BCUT2D eigenvalue weighted by atomic mass is 10.1. The van der Waals surface area contributed by atoms with Gasteiger partial charge in [-0.05, 0) is 24.6 Å². The highest BCUT2D eigenvalue weighted by molar-refractivity contribution is 7.14. The minimum atomic E-state index is -0.176. The van der Waals surface area contributed by atoms with Crippen LogP contribution >= 0.6 is 11.3 Å². The number of carbonyl (C=O) groups excluding carboxylic acids is 1. The van der Waals surface area contributed by atoms with Crippen LogP contribution in [-0.4, -0.2) is 15.9 Å². The number of nitrogens with zero attached hydrogens (tertiary/aromatic N) is 2. The van der Waals surface area contributed by atoms with E-state index >= 15 is 0 Å². The van der Waals surface area contributed by atoms with Crippen molar-refractivity contribution in [3.05, 3.63) is 71.0 Å². The SMILES string of the molecule is Cc1ccc(CNC(=O)c2csc(Nc3ccncc3)n2)cc1. The lowest BCUT2D eigenvalue weighted by Gasteiger charge is -2.04. The van der Waals surface area contributed by atoms with Gasteiger partial charge in [-0.1, -0.05) is 29.8 Å². The Labute approximate surface area is 138 Å². The number of hydrogen-bond donors (Lipinski definition) is 2. The van der Waals surface area contributed by atoms with E-state index < -0.39 is 0 Å². The number of benzene rings is 1. The van der Waals surface area contributed by atoms with Crippen molar-refractivity contribution in [1.29, 1.82) is 0 Å². The van der Waals surface area contributed by atoms with Crippen molar-refractivity contribution in [3.63, 3.8) is 0 Å². The molecule has 1 aromatic carbocycles. The molecule has 1 amide bonds. The van der Waals surface area contributed by atoms with Crippen LogP contribution in [0.3, 0.4) is 0 Å². The van der Waals surface area contributed by atoms with Crippen molar-refractivity contribution in [2.24, 2.45) is 0 Å². The maximum atomic E-state index is 12.1. The van der Waals surface area contributed by atoms with Crippen LogP contribution < -0.4 is 10.6 Å². The predicted octanol–water partition coefficient (Wildman–Crippen LogP) is 3.52. The third kappa shape index (κ3) is 4.14. The molecule has 0 aliphatic rings. The van der Waals surface area contributed by atoms with Gasteiger partial charge in [0.25, 0.3) is 5.91 Å². The smallest absolute Gasteiger partial charge is 0.271 e. The van der Waals surface area contributed by atoms with Gasteiger partial charge in [0, 0.05) is 30.0 Å². The number of thiazole rings is 1. The second-order valence-electron chi connectivity index (χ2n) is 5.07. The molecule has 0 unspecified atom stereocenters. The number of aromatic nitrogens is 2. The topological polar surface area (TPSA) is 66.9 Å². The molecule has 0 bridgehead atoms. The van der Waals surface area contributed by atoms with Crippen molar-refractivity contribution in [3.8, 4) is 0 Å². The van der Waals surface area contributed by atoms with Gasteiger partial charge in [0.05, 0.1) is 0 Å². The van der Waals surface area contributed by atoms with Crippen LogP contribution in [0, 0.1) is 6.92 Å². The molecule has 116 valence electrons. The number of hydrogen-bond acceptors (Lipinski definition) is 5. The van der Waals surface area contributed by atoms with Gasteiger partial charge in [0.15, 0.2) is 5.13 Å². The van der Waals surface area contributed by atoms with E-state index in [1.165, 1.54) is 16.9 Å². The summed E-state index contributed by atoms with van der Waals surface area (Å²) in [5, 5.41) is 8.45. The number of carbonyl (C=O) groups is 1. The lowest BCUT2D eigenvalue weighted by molar-refractivity contribution is 0.0946. The lowest BCUT2D eigenvalue weighted by Crippen LogP contribution is -2.23. The van der Waals surface area contributed by atoms with E-state index in [9.17, 15) is 4.79 Å². The van der Waals surface area contributed by atoms with Crippen molar-refractivity contribution >= 4 is 28.1 Å². The maximum Gasteiger partial charge on any atom is 0.271 e. The Balaban J connectivity index is 1.59. The van der Waals surface area contributed by atoms with Gasteiger partial charge in [-0.3, -0.25) is 9.78 Å². The molecule has 3 aromatic rings. The Bertz CT molecular complexity index is 784. The highest BCUT2D eigenvalue weighted by Gasteiger charge is 2.10. The number of pyridine rings is 1. The van der Waals surface area contributed by atoms with Crippen molar-refractivity contribution in [2.45, 2.75) is 13.5 Å². The molecule has 3 rings (SSSR count). The van der Waals surface area contributed by atoms with Gasteiger partial charge < -0.3 is 10.6 Å². The van der Waals surface area contributed by atoms with Crippen LogP contribution in [0.15, 0.2) is 54.2 Å². The molecule has 2 heterocycles. The molecule has 0 aliphatic carbocycles. The van der Waals surface area contributed by atoms with Gasteiger partial charge in [0.1, 0.15) is 5.69 Å². The van der Waals surface area contributed by atoms with Gasteiger partial charge >= 0.3 is 0 Å². The molecule has 0 saturated carbocycles. The second-order valence-corrected chi connectivity index (χ2v) is 5.93. The number of amides is 1. The Morgan fingerprint density at radius 1 is 1.13 bits per heavy atom. The first-order valence-corrected chi connectivity index (χ1v) is 8.05. The summed E-state index contributed by atoms with van der Waals surface area (Å²) in [6.07, 6.45) is 3.40. The number of rotatable bonds is 5. The van der Waals surface area contributed by atoms with Gasteiger partial charge in [0.2, 0.25) is 0 Å². The molecule has 0 fully saturated rings. The van der Waals surface area contributed by atoms with E-state index in [1.54, 1.807) is 17.8 Å². The van der Waals surface area contributed by atoms with Crippen LogP contribution in [0.4, 0.5) is 10.8 Å². The van der Waals surface area contributed by atoms with E-state index in [4.69, 9.17) is 0 Å². The molecule has 2 aromatic heterocycles. The highest BCUT2D eigenvalue weighted by Crippen LogP contribution is 2.20. The Morgan fingerprint density at radius 3 is 2.61 bits per heavy atom. The van der Waals surface area contributed by atoms with Crippen molar-refractivity contribution < 1.29 is 4.79 Å². The van der Waals surface area contributed by atoms with Crippen LogP contribution in [0.2, 0.25) is 0 Å². The molecule has 0 radical (unpaired) electrons. The minimum Gasteiger partial charge on any atom is -0.347 e. The summed E-state index contributed by atoms with van der Waals surface area (Å²) < 4.78 is 0. The molecule has 0 aliphatic heterocycles. The van der Waals surface area contributed by atoms with Crippen LogP contribution in [0.1, 0.15) is 21.6 Å². The maximum absolute atomic E-state index is 12.1. The fourth-order valence-electron chi connectivity index (χ4n) is 1.97. The molecule has 5 nitrogen and oxygen atoms in total. The van der Waals surface area contributed by atoms with Gasteiger partial charge in [-0.15, -0.1) is 11.3 Å². The van der Waals surface area contributed by atoms with Crippen molar-refractivity contribution in [1.82, 2.24) is 15.3 Å². The fourth-order valence-corrected chi connectivity index (χ4v) is 2.68. The summed E-state index contributed by atoms with van der Waals surface area (Å²) >= 11 is 1.39. The first-order chi connectivity index (χ1) is 11.2. The van der Waals surface area contributed by atoms with Crippen LogP contribution in [-0.2, 0) is 6.54 Å². The van der Waals surface area contributed by atoms with Crippen molar-refractivity contribution in [2.75, 3.05) is 5.32 Å². The van der Waals surface area contributed by atoms with E-state index in [-0.39, 0.29) is 5.91 Å². The molecule has 2 N–H and O–H groups in total. The first-order valence-electron chi connectivity index (χ1n) is 7.17. The van der Waals surface area contributed by atoms with Crippen LogP contribution in [0.25, 0.3) is 0 Å². The molecule has 23 heavy (non-hydrogen) atoms. The quantitative estimate of drug-likeness (QED) is 0.753. The molecular weight excluding hydrogens is 308 g/mol. The minimum absolute atomic E-state index is 0.176. The average molecular weight is 324 g/mol. The van der Waals surface area contributed by atoms with E-state index in [2.05, 4.69) is 20.6 Å². The first kappa shape index (κ1) is 15.2. The molecule has 0 atom stereocenters. The van der Waals surface area contributed by atoms with Gasteiger partial charge in [-0.25, -0.2) is 4.98 Å². The molecule has 6 heteroatoms. The zero-order valence-corrected chi connectivity index (χ0v) is 13.4. The summed E-state index contributed by atoms with van der Waals surface area (Å²) in [7, 11) is 0. The fraction of sp³-hybridized carbons (Fsp3) is 0.118.